The van der Waals surface area contributed by atoms with Gasteiger partial charge in [-0.2, -0.15) is 12.1 Å². The van der Waals surface area contributed by atoms with Gasteiger partial charge in [0.05, 0.1) is 0 Å². The van der Waals surface area contributed by atoms with Gasteiger partial charge < -0.3 is 0 Å². The van der Waals surface area contributed by atoms with Gasteiger partial charge in [-0.05, 0) is 52.8 Å². The summed E-state index contributed by atoms with van der Waals surface area (Å²) >= 11 is -0.826. The second-order valence-electron chi connectivity index (χ2n) is 12.4. The van der Waals surface area contributed by atoms with Gasteiger partial charge in [0.2, 0.25) is 0 Å². The molecule has 0 unspecified atom stereocenters. The second kappa shape index (κ2) is 17.6. The SMILES string of the molecule is C[Si]C.Cc1cc2c(-c3cccc4ccccc34)ccc(C)c2[cH-]1.Cc1cccc(C)c1-c1cccc2[cH-]c(C(C)C)cc12.[Cl][Zr+2][Cl]. The van der Waals surface area contributed by atoms with Gasteiger partial charge in [-0.25, -0.2) is 0 Å². The van der Waals surface area contributed by atoms with Gasteiger partial charge in [-0.1, -0.05) is 125 Å². The second-order valence-corrected chi connectivity index (χ2v) is 17.1. The first kappa shape index (κ1) is 37.1. The molecule has 0 aliphatic carbocycles. The topological polar surface area (TPSA) is 0 Å². The van der Waals surface area contributed by atoms with E-state index in [1.54, 1.807) is 0 Å². The van der Waals surface area contributed by atoms with E-state index in [0.29, 0.717) is 5.92 Å². The molecular formula is C43H44Cl2SiZr. The number of fused-ring (bicyclic) bond motifs is 3. The minimum absolute atomic E-state index is 0.577. The van der Waals surface area contributed by atoms with Crippen molar-refractivity contribution in [1.29, 1.82) is 0 Å². The molecule has 0 nitrogen and oxygen atoms in total. The third-order valence-corrected chi connectivity index (χ3v) is 8.52. The fourth-order valence-corrected chi connectivity index (χ4v) is 6.33. The van der Waals surface area contributed by atoms with Crippen LogP contribution in [0.4, 0.5) is 0 Å². The Labute approximate surface area is 303 Å². The van der Waals surface area contributed by atoms with E-state index in [1.807, 2.05) is 0 Å². The van der Waals surface area contributed by atoms with Gasteiger partial charge in [0.15, 0.2) is 0 Å². The third-order valence-electron chi connectivity index (χ3n) is 8.52. The van der Waals surface area contributed by atoms with Crippen LogP contribution < -0.4 is 0 Å². The number of aryl methyl sites for hydroxylation is 4. The standard InChI is InChI=1S/C21H17.C20H21.C2H6Si.2ClH.Zr/c1-14-12-20-15(2)10-11-19(21(20)13-14)18-9-5-7-16-6-3-4-8-17(16)18;1-13(2)17-11-16-9-6-10-18(19(16)12-17)20-14(3)7-5-8-15(20)4;1-3-2;;;/h3-13H,1-2H3;5-13H,1-4H3;1-2H3;2*1H;/q2*-1;;;;+4/p-2. The van der Waals surface area contributed by atoms with Crippen LogP contribution in [0.2, 0.25) is 13.1 Å². The molecule has 0 fully saturated rings. The zero-order valence-corrected chi connectivity index (χ0v) is 33.8. The van der Waals surface area contributed by atoms with Crippen LogP contribution in [0.15, 0.2) is 115 Å². The van der Waals surface area contributed by atoms with Gasteiger partial charge in [0, 0.05) is 9.52 Å². The van der Waals surface area contributed by atoms with Crippen molar-refractivity contribution in [2.45, 2.75) is 60.6 Å². The molecule has 0 atom stereocenters. The Morgan fingerprint density at radius 3 is 1.85 bits per heavy atom. The zero-order valence-electron chi connectivity index (χ0n) is 28.8. The summed E-state index contributed by atoms with van der Waals surface area (Å²) in [5, 5.41) is 8.10. The van der Waals surface area contributed by atoms with Crippen LogP contribution in [-0.2, 0) is 20.8 Å². The van der Waals surface area contributed by atoms with E-state index in [2.05, 4.69) is 170 Å². The Balaban J connectivity index is 0.000000183. The summed E-state index contributed by atoms with van der Waals surface area (Å²) in [7, 11) is 11.0. The van der Waals surface area contributed by atoms with Crippen molar-refractivity contribution in [3.05, 3.63) is 143 Å². The fraction of sp³-hybridized carbons (Fsp3) is 0.209. The molecule has 7 rings (SSSR count). The Hall–Kier alpha value is -2.74. The average molecular weight is 751 g/mol. The molecule has 2 radical (unpaired) electrons. The minimum atomic E-state index is -0.826. The quantitative estimate of drug-likeness (QED) is 0.125. The summed E-state index contributed by atoms with van der Waals surface area (Å²) in [6.45, 7) is 17.6. The van der Waals surface area contributed by atoms with Crippen LogP contribution in [0.5, 0.6) is 0 Å². The molecule has 47 heavy (non-hydrogen) atoms. The maximum atomic E-state index is 4.93. The van der Waals surface area contributed by atoms with E-state index < -0.39 is 20.8 Å². The summed E-state index contributed by atoms with van der Waals surface area (Å²) in [5.74, 6) is 0.577. The molecule has 0 heterocycles. The predicted molar refractivity (Wildman–Crippen MR) is 210 cm³/mol. The Morgan fingerprint density at radius 2 is 1.17 bits per heavy atom. The predicted octanol–water partition coefficient (Wildman–Crippen LogP) is 14.1. The van der Waals surface area contributed by atoms with Crippen molar-refractivity contribution in [3.8, 4) is 22.3 Å². The first-order valence-corrected chi connectivity index (χ1v) is 24.4. The third kappa shape index (κ3) is 8.84. The normalized spacial score (nSPS) is 10.5. The van der Waals surface area contributed by atoms with E-state index in [4.69, 9.17) is 17.0 Å². The van der Waals surface area contributed by atoms with Crippen molar-refractivity contribution in [1.82, 2.24) is 0 Å². The molecule has 0 saturated carbocycles. The van der Waals surface area contributed by atoms with Crippen molar-refractivity contribution >= 4 is 58.9 Å². The van der Waals surface area contributed by atoms with Crippen LogP contribution in [-0.4, -0.2) is 9.52 Å². The number of hydrogen-bond donors (Lipinski definition) is 0. The van der Waals surface area contributed by atoms with Crippen LogP contribution in [0, 0.1) is 27.7 Å². The molecule has 0 aliphatic rings. The van der Waals surface area contributed by atoms with Crippen LogP contribution >= 0.6 is 17.0 Å². The maximum absolute atomic E-state index is 4.93. The molecule has 0 bridgehead atoms. The van der Waals surface area contributed by atoms with Crippen molar-refractivity contribution in [3.63, 3.8) is 0 Å². The molecule has 7 aromatic carbocycles. The van der Waals surface area contributed by atoms with Crippen molar-refractivity contribution in [2.75, 3.05) is 0 Å². The summed E-state index contributed by atoms with van der Waals surface area (Å²) in [5.41, 5.74) is 12.2. The van der Waals surface area contributed by atoms with Gasteiger partial charge >= 0.3 is 37.9 Å². The number of benzene rings is 5. The number of halogens is 2. The fourth-order valence-electron chi connectivity index (χ4n) is 6.33. The molecule has 0 N–H and O–H groups in total. The summed E-state index contributed by atoms with van der Waals surface area (Å²) in [6, 6.07) is 42.2. The first-order chi connectivity index (χ1) is 22.6. The monoisotopic (exact) mass is 748 g/mol. The summed E-state index contributed by atoms with van der Waals surface area (Å²) in [4.78, 5) is 0. The van der Waals surface area contributed by atoms with E-state index in [0.717, 1.165) is 9.52 Å². The Kier molecular flexibility index (Phi) is 13.9. The zero-order chi connectivity index (χ0) is 34.1. The van der Waals surface area contributed by atoms with Crippen molar-refractivity contribution < 1.29 is 20.8 Å². The molecule has 0 saturated heterocycles. The summed E-state index contributed by atoms with van der Waals surface area (Å²) in [6.07, 6.45) is 0. The molecule has 0 spiro atoms. The van der Waals surface area contributed by atoms with Crippen molar-refractivity contribution in [2.24, 2.45) is 0 Å². The van der Waals surface area contributed by atoms with Gasteiger partial charge in [0.1, 0.15) is 0 Å². The molecule has 7 aromatic rings. The van der Waals surface area contributed by atoms with E-state index in [-0.39, 0.29) is 0 Å². The molecule has 0 aromatic heterocycles. The number of hydrogen-bond acceptors (Lipinski definition) is 0. The van der Waals surface area contributed by atoms with Gasteiger partial charge in [0.25, 0.3) is 0 Å². The average Bonchev–Trinajstić information content (AvgIpc) is 3.67. The summed E-state index contributed by atoms with van der Waals surface area (Å²) < 4.78 is 0. The Morgan fingerprint density at radius 1 is 0.596 bits per heavy atom. The van der Waals surface area contributed by atoms with Gasteiger partial charge in [-0.15, -0.1) is 68.6 Å². The molecule has 0 amide bonds. The first-order valence-electron chi connectivity index (χ1n) is 16.1. The van der Waals surface area contributed by atoms with Crippen LogP contribution in [0.1, 0.15) is 47.6 Å². The van der Waals surface area contributed by atoms with Crippen LogP contribution in [0.25, 0.3) is 54.6 Å². The van der Waals surface area contributed by atoms with E-state index in [1.165, 1.54) is 82.4 Å². The van der Waals surface area contributed by atoms with Crippen LogP contribution in [0.3, 0.4) is 0 Å². The molecule has 0 aliphatic heterocycles. The molecule has 238 valence electrons. The number of rotatable bonds is 3. The molecular weight excluding hydrogens is 707 g/mol. The van der Waals surface area contributed by atoms with Gasteiger partial charge in [-0.3, -0.25) is 0 Å². The molecule has 4 heteroatoms. The van der Waals surface area contributed by atoms with E-state index in [9.17, 15) is 0 Å². The Bertz CT molecular complexity index is 2040. The van der Waals surface area contributed by atoms with E-state index >= 15 is 0 Å².